The van der Waals surface area contributed by atoms with Gasteiger partial charge in [-0.05, 0) is 110 Å². The molecule has 2 fully saturated rings. The highest BCUT2D eigenvalue weighted by Crippen LogP contribution is 2.28. The van der Waals surface area contributed by atoms with Crippen LogP contribution in [0, 0.1) is 13.8 Å². The highest BCUT2D eigenvalue weighted by molar-refractivity contribution is 8.15. The van der Waals surface area contributed by atoms with Crippen LogP contribution in [0.2, 0.25) is 0 Å². The van der Waals surface area contributed by atoms with E-state index in [0.717, 1.165) is 58.0 Å². The van der Waals surface area contributed by atoms with Crippen LogP contribution in [0.3, 0.4) is 0 Å². The molecule has 2 N–H and O–H groups in total. The van der Waals surface area contributed by atoms with Crippen LogP contribution in [0.5, 0.6) is 23.0 Å². The Labute approximate surface area is 321 Å². The Morgan fingerprint density at radius 1 is 0.519 bits per heavy atom. The van der Waals surface area contributed by atoms with Gasteiger partial charge < -0.3 is 9.47 Å². The van der Waals surface area contributed by atoms with Crippen molar-refractivity contribution in [1.82, 2.24) is 10.6 Å². The Balaban J connectivity index is 0.000000193. The van der Waals surface area contributed by atoms with E-state index >= 15 is 0 Å². The third-order valence-electron chi connectivity index (χ3n) is 8.30. The number of rotatable bonds is 11. The maximum absolute atomic E-state index is 11.7. The number of imide groups is 2. The quantitative estimate of drug-likeness (QED) is 0.100. The van der Waals surface area contributed by atoms with Gasteiger partial charge in [0, 0.05) is 5.56 Å². The molecule has 4 amide bonds. The van der Waals surface area contributed by atoms with Gasteiger partial charge >= 0.3 is 0 Å². The van der Waals surface area contributed by atoms with Gasteiger partial charge in [-0.15, -0.1) is 0 Å². The summed E-state index contributed by atoms with van der Waals surface area (Å²) in [5, 5.41) is 3.29. The van der Waals surface area contributed by atoms with Crippen molar-refractivity contribution in [2.75, 3.05) is 0 Å². The lowest BCUT2D eigenvalue weighted by molar-refractivity contribution is -0.119. The molecular weight excluding hydrogens is 721 g/mol. The molecule has 7 rings (SSSR count). The van der Waals surface area contributed by atoms with Crippen molar-refractivity contribution < 1.29 is 33.4 Å². The van der Waals surface area contributed by atoms with E-state index in [1.165, 1.54) is 16.7 Å². The summed E-state index contributed by atoms with van der Waals surface area (Å²) in [7, 11) is 0. The molecule has 272 valence electrons. The van der Waals surface area contributed by atoms with Crippen LogP contribution in [0.4, 0.5) is 9.59 Å². The second-order valence-electron chi connectivity index (χ2n) is 12.7. The number of ether oxygens (including phenoxy) is 2. The Kier molecular flexibility index (Phi) is 12.4. The van der Waals surface area contributed by atoms with Crippen LogP contribution >= 0.6 is 23.5 Å². The van der Waals surface area contributed by atoms with E-state index in [4.69, 9.17) is 9.47 Å². The summed E-state index contributed by atoms with van der Waals surface area (Å²) in [6.45, 7) is 4.21. The minimum Gasteiger partial charge on any atom is -0.457 e. The summed E-state index contributed by atoms with van der Waals surface area (Å²) in [4.78, 5) is 56.3. The van der Waals surface area contributed by atoms with Gasteiger partial charge in [0.25, 0.3) is 10.5 Å². The third kappa shape index (κ3) is 10.8. The highest BCUT2D eigenvalue weighted by Gasteiger charge is 2.32. The number of carbonyl (C=O) groups is 5. The third-order valence-corrected chi connectivity index (χ3v) is 10.3. The molecule has 0 bridgehead atoms. The Morgan fingerprint density at radius 2 is 0.889 bits per heavy atom. The molecule has 0 aliphatic carbocycles. The Hall–Kier alpha value is -5.91. The van der Waals surface area contributed by atoms with Gasteiger partial charge in [-0.1, -0.05) is 101 Å². The fourth-order valence-electron chi connectivity index (χ4n) is 5.70. The first-order valence-electron chi connectivity index (χ1n) is 17.1. The van der Waals surface area contributed by atoms with Crippen LogP contribution in [-0.2, 0) is 22.4 Å². The van der Waals surface area contributed by atoms with Crippen molar-refractivity contribution in [1.29, 1.82) is 0 Å². The molecule has 2 heterocycles. The van der Waals surface area contributed by atoms with Gasteiger partial charge in [0.1, 0.15) is 29.3 Å². The fraction of sp³-hybridized carbons (Fsp3) is 0.140. The van der Waals surface area contributed by atoms with E-state index in [9.17, 15) is 24.0 Å². The normalized spacial score (nSPS) is 16.4. The second kappa shape index (κ2) is 17.7. The van der Waals surface area contributed by atoms with Crippen molar-refractivity contribution in [2.45, 2.75) is 37.2 Å². The Bertz CT molecular complexity index is 2160. The lowest BCUT2D eigenvalue weighted by Crippen LogP contribution is -2.25. The summed E-state index contributed by atoms with van der Waals surface area (Å²) in [5.41, 5.74) is 7.34. The number of benzene rings is 5. The molecule has 0 radical (unpaired) electrons. The van der Waals surface area contributed by atoms with Crippen LogP contribution in [0.25, 0.3) is 12.2 Å². The predicted molar refractivity (Wildman–Crippen MR) is 213 cm³/mol. The minimum atomic E-state index is -0.370. The predicted octanol–water partition coefficient (Wildman–Crippen LogP) is 9.35. The number of hydrogen-bond acceptors (Lipinski definition) is 9. The van der Waals surface area contributed by atoms with E-state index in [0.29, 0.717) is 29.9 Å². The summed E-state index contributed by atoms with van der Waals surface area (Å²) < 4.78 is 11.6. The van der Waals surface area contributed by atoms with Gasteiger partial charge in [0.2, 0.25) is 11.8 Å². The largest absolute Gasteiger partial charge is 0.457 e. The number of hydrogen-bond donors (Lipinski definition) is 2. The molecule has 5 aromatic rings. The molecule has 0 aromatic heterocycles. The lowest BCUT2D eigenvalue weighted by atomic mass is 10.1. The molecule has 0 spiro atoms. The van der Waals surface area contributed by atoms with Gasteiger partial charge in [0.05, 0.1) is 10.5 Å². The van der Waals surface area contributed by atoms with Crippen LogP contribution in [-0.4, -0.2) is 39.1 Å². The van der Waals surface area contributed by atoms with Crippen molar-refractivity contribution in [2.24, 2.45) is 0 Å². The first-order chi connectivity index (χ1) is 26.1. The van der Waals surface area contributed by atoms with E-state index in [1.54, 1.807) is 24.3 Å². The maximum atomic E-state index is 11.7. The van der Waals surface area contributed by atoms with E-state index in [1.807, 2.05) is 72.8 Å². The molecule has 9 nitrogen and oxygen atoms in total. The molecule has 54 heavy (non-hydrogen) atoms. The highest BCUT2D eigenvalue weighted by atomic mass is 32.2. The first kappa shape index (κ1) is 37.8. The van der Waals surface area contributed by atoms with Gasteiger partial charge in [0.15, 0.2) is 0 Å². The van der Waals surface area contributed by atoms with Crippen LogP contribution < -0.4 is 20.1 Å². The van der Waals surface area contributed by atoms with Gasteiger partial charge in [-0.25, -0.2) is 0 Å². The number of nitrogens with one attached hydrogen (secondary N) is 2. The average Bonchev–Trinajstić information content (AvgIpc) is 3.65. The van der Waals surface area contributed by atoms with Crippen LogP contribution in [0.1, 0.15) is 43.7 Å². The number of thioether (sulfide) groups is 2. The van der Waals surface area contributed by atoms with Crippen LogP contribution in [0.15, 0.2) is 115 Å². The van der Waals surface area contributed by atoms with Crippen molar-refractivity contribution >= 4 is 64.3 Å². The number of amides is 4. The zero-order valence-electron chi connectivity index (χ0n) is 29.4. The summed E-state index contributed by atoms with van der Waals surface area (Å²) in [6.07, 6.45) is 6.00. The summed E-state index contributed by atoms with van der Waals surface area (Å²) in [6, 6.07) is 36.2. The topological polar surface area (TPSA) is 128 Å². The maximum Gasteiger partial charge on any atom is 0.286 e. The summed E-state index contributed by atoms with van der Waals surface area (Å²) in [5.74, 6) is 2.32. The second-order valence-corrected chi connectivity index (χ2v) is 15.0. The minimum absolute atomic E-state index is 0.220. The van der Waals surface area contributed by atoms with Crippen molar-refractivity contribution in [3.63, 3.8) is 0 Å². The lowest BCUT2D eigenvalue weighted by Gasteiger charge is -2.08. The molecule has 2 unspecified atom stereocenters. The number of aldehydes is 1. The monoisotopic (exact) mass is 756 g/mol. The molecule has 2 saturated heterocycles. The SMILES string of the molecule is Cc1cc(C)cc(/C=C\c2ccc(Oc3ccc(CC4SC(=O)NC4=O)cc3)cc2)c1.O=Cc1ccc(Oc2ccc(CC3SC(=O)NC3=O)cc2)cc1. The average molecular weight is 757 g/mol. The van der Waals surface area contributed by atoms with Gasteiger partial charge in [-0.3, -0.25) is 34.6 Å². The van der Waals surface area contributed by atoms with E-state index < -0.39 is 0 Å². The standard InChI is InChI=1S/C26H23NO3S.C17H13NO4S/c1-17-13-18(2)15-21(14-17)4-3-19-5-9-22(10-6-19)30-23-11-7-20(8-12-23)16-24-25(28)27-26(29)31-24;19-10-12-3-7-14(8-4-12)22-13-5-1-11(2-6-13)9-15-16(20)18-17(21)23-15/h3-15,24H,16H2,1-2H3,(H,27,28,29);1-8,10,15H,9H2,(H,18,20,21)/b4-3-;. The fourth-order valence-corrected chi connectivity index (χ4v) is 7.42. The molecule has 2 atom stereocenters. The van der Waals surface area contributed by atoms with Crippen molar-refractivity contribution in [3.8, 4) is 23.0 Å². The Morgan fingerprint density at radius 3 is 1.26 bits per heavy atom. The zero-order valence-corrected chi connectivity index (χ0v) is 31.1. The molecule has 11 heteroatoms. The molecule has 2 aliphatic rings. The first-order valence-corrected chi connectivity index (χ1v) is 18.8. The molecule has 0 saturated carbocycles. The molecular formula is C43H36N2O7S2. The number of aryl methyl sites for hydroxylation is 2. The zero-order chi connectivity index (χ0) is 38.0. The van der Waals surface area contributed by atoms with E-state index in [2.05, 4.69) is 54.8 Å². The summed E-state index contributed by atoms with van der Waals surface area (Å²) >= 11 is 2.06. The van der Waals surface area contributed by atoms with Gasteiger partial charge in [-0.2, -0.15) is 0 Å². The van der Waals surface area contributed by atoms with Crippen molar-refractivity contribution in [3.05, 3.63) is 154 Å². The molecule has 2 aliphatic heterocycles. The number of carbonyl (C=O) groups excluding carboxylic acids is 5. The molecule has 5 aromatic carbocycles. The smallest absolute Gasteiger partial charge is 0.286 e. The van der Waals surface area contributed by atoms with E-state index in [-0.39, 0.29) is 32.8 Å².